The van der Waals surface area contributed by atoms with Crippen molar-refractivity contribution in [3.8, 4) is 0 Å². The molecule has 0 spiro atoms. The van der Waals surface area contributed by atoms with Gasteiger partial charge in [0, 0.05) is 12.6 Å². The molecule has 3 atom stereocenters. The summed E-state index contributed by atoms with van der Waals surface area (Å²) in [6.45, 7) is 3.89. The van der Waals surface area contributed by atoms with E-state index in [2.05, 4.69) is 17.6 Å². The third kappa shape index (κ3) is 4.63. The molecule has 5 nitrogen and oxygen atoms in total. The molecule has 0 heterocycles. The summed E-state index contributed by atoms with van der Waals surface area (Å²) < 4.78 is 0. The molecule has 1 aliphatic rings. The van der Waals surface area contributed by atoms with Gasteiger partial charge in [-0.15, -0.1) is 0 Å². The van der Waals surface area contributed by atoms with E-state index < -0.39 is 11.9 Å². The molecule has 0 saturated heterocycles. The van der Waals surface area contributed by atoms with Crippen molar-refractivity contribution >= 4 is 12.0 Å². The molecule has 3 unspecified atom stereocenters. The fourth-order valence-corrected chi connectivity index (χ4v) is 2.08. The summed E-state index contributed by atoms with van der Waals surface area (Å²) in [6, 6.07) is -0.0271. The van der Waals surface area contributed by atoms with Crippen LogP contribution in [0.3, 0.4) is 0 Å². The van der Waals surface area contributed by atoms with E-state index in [0.717, 1.165) is 19.3 Å². The Morgan fingerprint density at radius 1 is 1.35 bits per heavy atom. The van der Waals surface area contributed by atoms with Gasteiger partial charge in [-0.3, -0.25) is 4.79 Å². The number of rotatable bonds is 4. The number of nitrogens with one attached hydrogen (secondary N) is 2. The Hall–Kier alpha value is -1.26. The second-order valence-electron chi connectivity index (χ2n) is 4.96. The maximum absolute atomic E-state index is 11.6. The summed E-state index contributed by atoms with van der Waals surface area (Å²) in [7, 11) is 0. The Morgan fingerprint density at radius 3 is 2.59 bits per heavy atom. The molecular formula is C12H22N2O3. The van der Waals surface area contributed by atoms with Gasteiger partial charge in [0.2, 0.25) is 0 Å². The van der Waals surface area contributed by atoms with Gasteiger partial charge in [0.05, 0.1) is 5.92 Å². The van der Waals surface area contributed by atoms with Crippen molar-refractivity contribution < 1.29 is 14.7 Å². The van der Waals surface area contributed by atoms with Gasteiger partial charge < -0.3 is 15.7 Å². The van der Waals surface area contributed by atoms with Crippen molar-refractivity contribution in [2.45, 2.75) is 45.6 Å². The summed E-state index contributed by atoms with van der Waals surface area (Å²) in [5.41, 5.74) is 0. The van der Waals surface area contributed by atoms with E-state index in [9.17, 15) is 9.59 Å². The second-order valence-corrected chi connectivity index (χ2v) is 4.96. The Kier molecular flexibility index (Phi) is 5.25. The molecule has 0 aliphatic heterocycles. The van der Waals surface area contributed by atoms with Crippen LogP contribution in [0, 0.1) is 11.8 Å². The Balaban J connectivity index is 2.26. The molecule has 3 N–H and O–H groups in total. The minimum absolute atomic E-state index is 0.169. The van der Waals surface area contributed by atoms with Crippen LogP contribution in [-0.2, 0) is 4.79 Å². The van der Waals surface area contributed by atoms with E-state index in [1.165, 1.54) is 6.42 Å². The number of carbonyl (C=O) groups excluding carboxylic acids is 1. The first-order valence-corrected chi connectivity index (χ1v) is 6.28. The quantitative estimate of drug-likeness (QED) is 0.700. The van der Waals surface area contributed by atoms with Crippen molar-refractivity contribution in [2.24, 2.45) is 11.8 Å². The molecule has 0 aromatic rings. The van der Waals surface area contributed by atoms with Crippen LogP contribution in [0.5, 0.6) is 0 Å². The van der Waals surface area contributed by atoms with Gasteiger partial charge in [0.25, 0.3) is 0 Å². The van der Waals surface area contributed by atoms with Crippen molar-refractivity contribution in [3.63, 3.8) is 0 Å². The first-order valence-electron chi connectivity index (χ1n) is 6.28. The Morgan fingerprint density at radius 2 is 2.00 bits per heavy atom. The summed E-state index contributed by atoms with van der Waals surface area (Å²) >= 11 is 0. The minimum atomic E-state index is -0.892. The topological polar surface area (TPSA) is 78.4 Å². The summed E-state index contributed by atoms with van der Waals surface area (Å²) in [5.74, 6) is -0.938. The first kappa shape index (κ1) is 13.8. The molecule has 1 fully saturated rings. The zero-order valence-electron chi connectivity index (χ0n) is 10.5. The largest absolute Gasteiger partial charge is 0.481 e. The number of aliphatic carboxylic acids is 1. The fraction of sp³-hybridized carbons (Fsp3) is 0.833. The standard InChI is InChI=1S/C12H22N2O3/c1-8-5-3-4-6-10(8)14-12(17)13-7-9(2)11(15)16/h8-10H,3-7H2,1-2H3,(H,15,16)(H2,13,14,17). The normalized spacial score (nSPS) is 26.0. The van der Waals surface area contributed by atoms with Gasteiger partial charge in [0.15, 0.2) is 0 Å². The molecule has 1 saturated carbocycles. The highest BCUT2D eigenvalue weighted by Gasteiger charge is 2.23. The molecular weight excluding hydrogens is 220 g/mol. The van der Waals surface area contributed by atoms with Gasteiger partial charge in [-0.05, 0) is 18.8 Å². The minimum Gasteiger partial charge on any atom is -0.481 e. The zero-order chi connectivity index (χ0) is 12.8. The maximum atomic E-state index is 11.6. The van der Waals surface area contributed by atoms with Crippen molar-refractivity contribution in [1.29, 1.82) is 0 Å². The molecule has 0 aromatic carbocycles. The monoisotopic (exact) mass is 242 g/mol. The molecule has 0 bridgehead atoms. The number of hydrogen-bond donors (Lipinski definition) is 3. The van der Waals surface area contributed by atoms with E-state index in [0.29, 0.717) is 5.92 Å². The van der Waals surface area contributed by atoms with E-state index >= 15 is 0 Å². The highest BCUT2D eigenvalue weighted by atomic mass is 16.4. The Bertz CT molecular complexity index is 281. The van der Waals surface area contributed by atoms with Crippen LogP contribution in [-0.4, -0.2) is 29.7 Å². The fourth-order valence-electron chi connectivity index (χ4n) is 2.08. The van der Waals surface area contributed by atoms with Crippen LogP contribution in [0.2, 0.25) is 0 Å². The predicted octanol–water partition coefficient (Wildman–Crippen LogP) is 1.58. The first-order chi connectivity index (χ1) is 8.00. The molecule has 5 heteroatoms. The van der Waals surface area contributed by atoms with Gasteiger partial charge in [-0.1, -0.05) is 26.7 Å². The SMILES string of the molecule is CC(CNC(=O)NC1CCCCC1C)C(=O)O. The number of urea groups is 1. The number of carbonyl (C=O) groups is 2. The third-order valence-electron chi connectivity index (χ3n) is 3.42. The van der Waals surface area contributed by atoms with Crippen molar-refractivity contribution in [3.05, 3.63) is 0 Å². The van der Waals surface area contributed by atoms with E-state index in [4.69, 9.17) is 5.11 Å². The lowest BCUT2D eigenvalue weighted by Gasteiger charge is -2.29. The number of hydrogen-bond acceptors (Lipinski definition) is 2. The summed E-state index contributed by atoms with van der Waals surface area (Å²) in [5, 5.41) is 14.2. The van der Waals surface area contributed by atoms with Gasteiger partial charge in [-0.2, -0.15) is 0 Å². The van der Waals surface area contributed by atoms with Gasteiger partial charge in [0.1, 0.15) is 0 Å². The van der Waals surface area contributed by atoms with Crippen LogP contribution in [0.25, 0.3) is 0 Å². The summed E-state index contributed by atoms with van der Waals surface area (Å²) in [6.07, 6.45) is 4.55. The predicted molar refractivity (Wildman–Crippen MR) is 64.8 cm³/mol. The number of carboxylic acid groups (broad SMARTS) is 1. The lowest BCUT2D eigenvalue weighted by Crippen LogP contribution is -2.47. The van der Waals surface area contributed by atoms with Crippen LogP contribution in [0.15, 0.2) is 0 Å². The molecule has 17 heavy (non-hydrogen) atoms. The lowest BCUT2D eigenvalue weighted by atomic mass is 9.86. The van der Waals surface area contributed by atoms with Crippen LogP contribution < -0.4 is 10.6 Å². The highest BCUT2D eigenvalue weighted by Crippen LogP contribution is 2.23. The van der Waals surface area contributed by atoms with Crippen LogP contribution in [0.4, 0.5) is 4.79 Å². The molecule has 0 radical (unpaired) electrons. The number of carboxylic acids is 1. The maximum Gasteiger partial charge on any atom is 0.315 e. The molecule has 1 rings (SSSR count). The summed E-state index contributed by atoms with van der Waals surface area (Å²) in [4.78, 5) is 22.2. The second kappa shape index (κ2) is 6.47. The Labute approximate surface area is 102 Å². The highest BCUT2D eigenvalue weighted by molar-refractivity contribution is 5.76. The van der Waals surface area contributed by atoms with Gasteiger partial charge in [-0.25, -0.2) is 4.79 Å². The van der Waals surface area contributed by atoms with E-state index in [-0.39, 0.29) is 18.6 Å². The van der Waals surface area contributed by atoms with Crippen molar-refractivity contribution in [2.75, 3.05) is 6.54 Å². The molecule has 98 valence electrons. The third-order valence-corrected chi connectivity index (χ3v) is 3.42. The average Bonchev–Trinajstić information content (AvgIpc) is 2.29. The van der Waals surface area contributed by atoms with Gasteiger partial charge >= 0.3 is 12.0 Å². The van der Waals surface area contributed by atoms with Crippen LogP contribution >= 0.6 is 0 Å². The molecule has 1 aliphatic carbocycles. The number of amides is 2. The molecule has 0 aromatic heterocycles. The van der Waals surface area contributed by atoms with E-state index in [1.54, 1.807) is 6.92 Å². The van der Waals surface area contributed by atoms with Crippen molar-refractivity contribution in [1.82, 2.24) is 10.6 Å². The van der Waals surface area contributed by atoms with E-state index in [1.807, 2.05) is 0 Å². The lowest BCUT2D eigenvalue weighted by molar-refractivity contribution is -0.140. The zero-order valence-corrected chi connectivity index (χ0v) is 10.5. The smallest absolute Gasteiger partial charge is 0.315 e. The average molecular weight is 242 g/mol. The molecule has 2 amide bonds. The van der Waals surface area contributed by atoms with Crippen LogP contribution in [0.1, 0.15) is 39.5 Å².